The summed E-state index contributed by atoms with van der Waals surface area (Å²) in [7, 11) is 0. The standard InChI is InChI=1S/C32H34N4O2S/c1-5-36(6-2)17-11-16-28(37)29-20(3)26(33-21(29)4)18-25-23-14-10-15-24(30(23)35-31(25)38)27-19-39-32(34-27)22-12-8-7-9-13-22/h7-10,12-15,18-19,33H,5-6,11,16-17H2,1-4H3,(H,35,38)/b25-18-. The third-order valence-electron chi connectivity index (χ3n) is 7.45. The largest absolute Gasteiger partial charge is 0.358 e. The summed E-state index contributed by atoms with van der Waals surface area (Å²) >= 11 is 1.59. The van der Waals surface area contributed by atoms with Gasteiger partial charge < -0.3 is 15.2 Å². The van der Waals surface area contributed by atoms with E-state index in [1.165, 1.54) is 0 Å². The van der Waals surface area contributed by atoms with Crippen LogP contribution in [0.2, 0.25) is 0 Å². The number of nitrogens with one attached hydrogen (secondary N) is 2. The van der Waals surface area contributed by atoms with Crippen molar-refractivity contribution in [3.63, 3.8) is 0 Å². The van der Waals surface area contributed by atoms with Crippen LogP contribution < -0.4 is 5.32 Å². The van der Waals surface area contributed by atoms with E-state index in [0.717, 1.165) is 81.6 Å². The number of rotatable bonds is 10. The molecule has 0 spiro atoms. The van der Waals surface area contributed by atoms with Gasteiger partial charge in [0.15, 0.2) is 5.78 Å². The van der Waals surface area contributed by atoms with Crippen molar-refractivity contribution in [2.24, 2.45) is 0 Å². The minimum absolute atomic E-state index is 0.148. The maximum Gasteiger partial charge on any atom is 0.256 e. The zero-order valence-electron chi connectivity index (χ0n) is 22.9. The van der Waals surface area contributed by atoms with E-state index in [1.807, 2.05) is 73.8 Å². The van der Waals surface area contributed by atoms with Gasteiger partial charge in [0, 0.05) is 45.4 Å². The molecule has 0 aliphatic carbocycles. The normalized spacial score (nSPS) is 13.8. The third kappa shape index (κ3) is 5.37. The number of ketones is 1. The Hall–Kier alpha value is -3.81. The first-order chi connectivity index (χ1) is 18.9. The SMILES string of the molecule is CCN(CC)CCCC(=O)c1c(C)[nH]c(/C=C2\C(=O)Nc3c2cccc3-c2csc(-c3ccccc3)n2)c1C. The summed E-state index contributed by atoms with van der Waals surface area (Å²) in [5.41, 5.74) is 8.25. The minimum Gasteiger partial charge on any atom is -0.358 e. The number of amides is 1. The Morgan fingerprint density at radius 2 is 1.77 bits per heavy atom. The predicted molar refractivity (Wildman–Crippen MR) is 161 cm³/mol. The summed E-state index contributed by atoms with van der Waals surface area (Å²) in [6.45, 7) is 11.1. The second-order valence-corrected chi connectivity index (χ2v) is 10.7. The number of hydrogen-bond donors (Lipinski definition) is 2. The van der Waals surface area contributed by atoms with Gasteiger partial charge in [-0.2, -0.15) is 0 Å². The Balaban J connectivity index is 1.42. The molecule has 0 bridgehead atoms. The van der Waals surface area contributed by atoms with Crippen LogP contribution >= 0.6 is 11.3 Å². The van der Waals surface area contributed by atoms with Gasteiger partial charge in [-0.3, -0.25) is 9.59 Å². The summed E-state index contributed by atoms with van der Waals surface area (Å²) < 4.78 is 0. The number of aryl methyl sites for hydroxylation is 1. The van der Waals surface area contributed by atoms with Crippen LogP contribution in [-0.2, 0) is 4.79 Å². The third-order valence-corrected chi connectivity index (χ3v) is 8.35. The van der Waals surface area contributed by atoms with E-state index in [0.29, 0.717) is 12.0 Å². The number of benzene rings is 2. The number of aromatic nitrogens is 2. The van der Waals surface area contributed by atoms with Gasteiger partial charge in [-0.1, -0.05) is 62.4 Å². The molecular weight excluding hydrogens is 504 g/mol. The molecule has 4 aromatic rings. The number of aromatic amines is 1. The van der Waals surface area contributed by atoms with Gasteiger partial charge in [-0.15, -0.1) is 11.3 Å². The second-order valence-electron chi connectivity index (χ2n) is 9.86. The fourth-order valence-electron chi connectivity index (χ4n) is 5.29. The van der Waals surface area contributed by atoms with Crippen LogP contribution in [-0.4, -0.2) is 46.2 Å². The number of thiazole rings is 1. The lowest BCUT2D eigenvalue weighted by atomic mass is 9.99. The average molecular weight is 539 g/mol. The Morgan fingerprint density at radius 3 is 2.51 bits per heavy atom. The van der Waals surface area contributed by atoms with Crippen molar-refractivity contribution >= 4 is 40.4 Å². The Morgan fingerprint density at radius 1 is 1.03 bits per heavy atom. The first kappa shape index (κ1) is 26.8. The number of Topliss-reactive ketones (excluding diaryl/α,β-unsaturated/α-hetero) is 1. The fraction of sp³-hybridized carbons (Fsp3) is 0.281. The number of anilines is 1. The summed E-state index contributed by atoms with van der Waals surface area (Å²) in [5.74, 6) is -0.0101. The van der Waals surface area contributed by atoms with Crippen molar-refractivity contribution in [3.05, 3.63) is 82.0 Å². The molecule has 0 unspecified atom stereocenters. The molecule has 2 N–H and O–H groups in total. The van der Waals surface area contributed by atoms with Crippen LogP contribution in [0.5, 0.6) is 0 Å². The van der Waals surface area contributed by atoms with E-state index in [1.54, 1.807) is 11.3 Å². The monoisotopic (exact) mass is 538 g/mol. The van der Waals surface area contributed by atoms with Crippen LogP contribution in [0.25, 0.3) is 33.5 Å². The molecule has 1 amide bonds. The number of fused-ring (bicyclic) bond motifs is 1. The first-order valence-electron chi connectivity index (χ1n) is 13.5. The van der Waals surface area contributed by atoms with E-state index >= 15 is 0 Å². The van der Waals surface area contributed by atoms with Crippen LogP contribution in [0.4, 0.5) is 5.69 Å². The van der Waals surface area contributed by atoms with E-state index in [9.17, 15) is 9.59 Å². The molecule has 0 atom stereocenters. The molecule has 0 saturated heterocycles. The van der Waals surface area contributed by atoms with Crippen molar-refractivity contribution in [1.29, 1.82) is 0 Å². The van der Waals surface area contributed by atoms with Crippen molar-refractivity contribution < 1.29 is 9.59 Å². The maximum absolute atomic E-state index is 13.2. The Kier molecular flexibility index (Phi) is 7.91. The topological polar surface area (TPSA) is 78.1 Å². The van der Waals surface area contributed by atoms with Gasteiger partial charge >= 0.3 is 0 Å². The molecule has 5 rings (SSSR count). The van der Waals surface area contributed by atoms with Gasteiger partial charge in [-0.05, 0) is 51.5 Å². The molecule has 6 nitrogen and oxygen atoms in total. The predicted octanol–water partition coefficient (Wildman–Crippen LogP) is 7.22. The highest BCUT2D eigenvalue weighted by molar-refractivity contribution is 7.13. The minimum atomic E-state index is -0.158. The zero-order chi connectivity index (χ0) is 27.5. The number of hydrogen-bond acceptors (Lipinski definition) is 5. The molecule has 0 radical (unpaired) electrons. The van der Waals surface area contributed by atoms with E-state index in [4.69, 9.17) is 4.98 Å². The summed E-state index contributed by atoms with van der Waals surface area (Å²) in [6.07, 6.45) is 3.22. The number of para-hydroxylation sites is 1. The highest BCUT2D eigenvalue weighted by Crippen LogP contribution is 2.41. The van der Waals surface area contributed by atoms with Crippen molar-refractivity contribution in [2.45, 2.75) is 40.5 Å². The summed E-state index contributed by atoms with van der Waals surface area (Å²) in [6, 6.07) is 16.0. The molecule has 2 aromatic heterocycles. The van der Waals surface area contributed by atoms with Gasteiger partial charge in [0.1, 0.15) is 5.01 Å². The molecule has 3 heterocycles. The smallest absolute Gasteiger partial charge is 0.256 e. The van der Waals surface area contributed by atoms with E-state index < -0.39 is 0 Å². The number of H-pyrrole nitrogens is 1. The highest BCUT2D eigenvalue weighted by atomic mass is 32.1. The summed E-state index contributed by atoms with van der Waals surface area (Å²) in [4.78, 5) is 36.8. The fourth-order valence-corrected chi connectivity index (χ4v) is 6.12. The zero-order valence-corrected chi connectivity index (χ0v) is 23.7. The number of nitrogens with zero attached hydrogens (tertiary/aromatic N) is 2. The lowest BCUT2D eigenvalue weighted by molar-refractivity contribution is -0.110. The maximum atomic E-state index is 13.2. The lowest BCUT2D eigenvalue weighted by Gasteiger charge is -2.17. The van der Waals surface area contributed by atoms with E-state index in [-0.39, 0.29) is 11.7 Å². The van der Waals surface area contributed by atoms with Gasteiger partial charge in [0.2, 0.25) is 0 Å². The second kappa shape index (κ2) is 11.5. The van der Waals surface area contributed by atoms with Crippen LogP contribution in [0.15, 0.2) is 53.9 Å². The lowest BCUT2D eigenvalue weighted by Crippen LogP contribution is -2.24. The van der Waals surface area contributed by atoms with Crippen molar-refractivity contribution in [1.82, 2.24) is 14.9 Å². The average Bonchev–Trinajstić information content (AvgIpc) is 3.63. The Labute approximate surface area is 233 Å². The van der Waals surface area contributed by atoms with Crippen molar-refractivity contribution in [3.8, 4) is 21.8 Å². The molecule has 2 aromatic carbocycles. The first-order valence-corrected chi connectivity index (χ1v) is 14.4. The molecule has 39 heavy (non-hydrogen) atoms. The van der Waals surface area contributed by atoms with Gasteiger partial charge in [-0.25, -0.2) is 4.98 Å². The summed E-state index contributed by atoms with van der Waals surface area (Å²) in [5, 5.41) is 6.04. The molecule has 0 fully saturated rings. The number of carbonyl (C=O) groups excluding carboxylic acids is 2. The molecule has 0 saturated carbocycles. The van der Waals surface area contributed by atoms with Gasteiger partial charge in [0.05, 0.1) is 17.0 Å². The number of carbonyl (C=O) groups is 2. The van der Waals surface area contributed by atoms with E-state index in [2.05, 4.69) is 29.0 Å². The Bertz CT molecular complexity index is 1540. The van der Waals surface area contributed by atoms with Crippen LogP contribution in [0.1, 0.15) is 59.6 Å². The molecule has 7 heteroatoms. The molecule has 1 aliphatic rings. The highest BCUT2D eigenvalue weighted by Gasteiger charge is 2.28. The quantitative estimate of drug-likeness (QED) is 0.165. The van der Waals surface area contributed by atoms with Gasteiger partial charge in [0.25, 0.3) is 5.91 Å². The van der Waals surface area contributed by atoms with Crippen LogP contribution in [0.3, 0.4) is 0 Å². The van der Waals surface area contributed by atoms with Crippen LogP contribution in [0, 0.1) is 13.8 Å². The molecular formula is C32H34N4O2S. The molecule has 200 valence electrons. The van der Waals surface area contributed by atoms with Crippen molar-refractivity contribution in [2.75, 3.05) is 25.0 Å². The molecule has 1 aliphatic heterocycles.